The van der Waals surface area contributed by atoms with E-state index in [9.17, 15) is 14.4 Å². The van der Waals surface area contributed by atoms with Gasteiger partial charge in [0.25, 0.3) is 11.8 Å². The van der Waals surface area contributed by atoms with Crippen molar-refractivity contribution < 1.29 is 14.4 Å². The number of carbonyl (C=O) groups is 3. The largest absolute Gasteiger partial charge is 0.294 e. The van der Waals surface area contributed by atoms with Crippen LogP contribution in [-0.4, -0.2) is 29.0 Å². The lowest BCUT2D eigenvalue weighted by Crippen LogP contribution is -2.30. The lowest BCUT2D eigenvalue weighted by atomic mass is 9.98. The van der Waals surface area contributed by atoms with Gasteiger partial charge < -0.3 is 0 Å². The van der Waals surface area contributed by atoms with Crippen LogP contribution in [0.5, 0.6) is 0 Å². The topological polar surface area (TPSA) is 54.5 Å². The van der Waals surface area contributed by atoms with E-state index < -0.39 is 0 Å². The fraction of sp³-hybridized carbons (Fsp3) is 0.348. The highest BCUT2D eigenvalue weighted by atomic mass is 16.2. The number of ketones is 1. The summed E-state index contributed by atoms with van der Waals surface area (Å²) in [7, 11) is 0. The Balaban J connectivity index is 1.69. The van der Waals surface area contributed by atoms with Gasteiger partial charge in [-0.05, 0) is 37.8 Å². The highest BCUT2D eigenvalue weighted by Crippen LogP contribution is 2.25. The first-order valence-electron chi connectivity index (χ1n) is 9.43. The van der Waals surface area contributed by atoms with Crippen LogP contribution in [0.3, 0.4) is 0 Å². The molecule has 1 aromatic carbocycles. The number of allylic oxidation sites excluding steroid dienone is 3. The van der Waals surface area contributed by atoms with Crippen LogP contribution >= 0.6 is 0 Å². The minimum atomic E-state index is -0.257. The van der Waals surface area contributed by atoms with Gasteiger partial charge in [-0.3, -0.25) is 19.3 Å². The summed E-state index contributed by atoms with van der Waals surface area (Å²) in [6, 6.07) is 6.87. The number of Topliss-reactive ketones (excluding diaryl/α,β-unsaturated/α-hetero) is 1. The normalized spacial score (nSPS) is 16.5. The first-order valence-corrected chi connectivity index (χ1v) is 9.43. The second kappa shape index (κ2) is 8.64. The third-order valence-electron chi connectivity index (χ3n) is 4.96. The van der Waals surface area contributed by atoms with Crippen molar-refractivity contribution in [3.05, 3.63) is 59.2 Å². The maximum Gasteiger partial charge on any atom is 0.261 e. The summed E-state index contributed by atoms with van der Waals surface area (Å²) in [4.78, 5) is 38.3. The van der Waals surface area contributed by atoms with Gasteiger partial charge in [-0.1, -0.05) is 36.5 Å². The van der Waals surface area contributed by atoms with Gasteiger partial charge in [0.1, 0.15) is 0 Å². The van der Waals surface area contributed by atoms with Gasteiger partial charge in [-0.15, -0.1) is 6.58 Å². The number of amides is 2. The summed E-state index contributed by atoms with van der Waals surface area (Å²) in [6.45, 7) is 3.91. The molecule has 0 saturated carbocycles. The van der Waals surface area contributed by atoms with Gasteiger partial charge in [0.05, 0.1) is 11.1 Å². The molecular formula is C23H23NO3. The molecule has 138 valence electrons. The van der Waals surface area contributed by atoms with Gasteiger partial charge in [0, 0.05) is 30.5 Å². The monoisotopic (exact) mass is 361 g/mol. The average Bonchev–Trinajstić information content (AvgIpc) is 2.83. The van der Waals surface area contributed by atoms with Gasteiger partial charge in [0.2, 0.25) is 0 Å². The summed E-state index contributed by atoms with van der Waals surface area (Å²) in [5.41, 5.74) is 2.67. The van der Waals surface area contributed by atoms with E-state index in [2.05, 4.69) is 18.4 Å². The SMILES string of the molecule is C=CCC(=O)C1=C(C#CCCN2C(=O)c3ccccc3C2=O)CCCCC1. The first kappa shape index (κ1) is 18.8. The number of imide groups is 1. The molecule has 0 saturated heterocycles. The lowest BCUT2D eigenvalue weighted by Gasteiger charge is -2.11. The molecule has 3 rings (SSSR count). The van der Waals surface area contributed by atoms with Crippen LogP contribution in [0.4, 0.5) is 0 Å². The van der Waals surface area contributed by atoms with Crippen molar-refractivity contribution in [2.24, 2.45) is 0 Å². The van der Waals surface area contributed by atoms with Crippen molar-refractivity contribution in [1.82, 2.24) is 4.90 Å². The van der Waals surface area contributed by atoms with Crippen molar-refractivity contribution in [3.63, 3.8) is 0 Å². The standard InChI is InChI=1S/C23H23NO3/c1-2-10-21(25)18-13-5-3-4-11-17(18)12-8-9-16-24-22(26)19-14-6-7-15-20(19)23(24)27/h2,6-7,14-15H,1,3-5,9-11,13,16H2. The predicted molar refractivity (Wildman–Crippen MR) is 104 cm³/mol. The van der Waals surface area contributed by atoms with E-state index in [1.165, 1.54) is 4.90 Å². The van der Waals surface area contributed by atoms with Gasteiger partial charge >= 0.3 is 0 Å². The number of hydrogen-bond donors (Lipinski definition) is 0. The fourth-order valence-corrected chi connectivity index (χ4v) is 3.56. The van der Waals surface area contributed by atoms with Gasteiger partial charge in [-0.2, -0.15) is 0 Å². The molecule has 0 atom stereocenters. The maximum absolute atomic E-state index is 12.4. The van der Waals surface area contributed by atoms with Crippen molar-refractivity contribution in [3.8, 4) is 11.8 Å². The zero-order chi connectivity index (χ0) is 19.2. The Bertz CT molecular complexity index is 847. The summed E-state index contributed by atoms with van der Waals surface area (Å²) >= 11 is 0. The Morgan fingerprint density at radius 1 is 1.07 bits per heavy atom. The molecule has 2 aliphatic rings. The predicted octanol–water partition coefficient (Wildman–Crippen LogP) is 4.08. The first-order chi connectivity index (χ1) is 13.1. The quantitative estimate of drug-likeness (QED) is 0.451. The molecule has 0 radical (unpaired) electrons. The summed E-state index contributed by atoms with van der Waals surface area (Å²) < 4.78 is 0. The molecule has 0 unspecified atom stereocenters. The molecule has 1 aliphatic heterocycles. The van der Waals surface area contributed by atoms with Crippen LogP contribution in [-0.2, 0) is 4.79 Å². The molecule has 27 heavy (non-hydrogen) atoms. The highest BCUT2D eigenvalue weighted by Gasteiger charge is 2.34. The van der Waals surface area contributed by atoms with E-state index in [-0.39, 0.29) is 24.1 Å². The van der Waals surface area contributed by atoms with Crippen molar-refractivity contribution in [2.45, 2.75) is 44.9 Å². The van der Waals surface area contributed by atoms with Crippen molar-refractivity contribution in [1.29, 1.82) is 0 Å². The van der Waals surface area contributed by atoms with E-state index in [1.807, 2.05) is 0 Å². The van der Waals surface area contributed by atoms with Crippen molar-refractivity contribution >= 4 is 17.6 Å². The Labute approximate surface area is 159 Å². The number of carbonyl (C=O) groups excluding carboxylic acids is 3. The molecule has 0 N–H and O–H groups in total. The van der Waals surface area contributed by atoms with E-state index in [4.69, 9.17) is 0 Å². The number of hydrogen-bond acceptors (Lipinski definition) is 3. The van der Waals surface area contributed by atoms with E-state index >= 15 is 0 Å². The van der Waals surface area contributed by atoms with Crippen LogP contribution in [0.1, 0.15) is 65.7 Å². The summed E-state index contributed by atoms with van der Waals surface area (Å²) in [5.74, 6) is 5.82. The Kier molecular flexibility index (Phi) is 6.03. The second-order valence-corrected chi connectivity index (χ2v) is 6.79. The third-order valence-corrected chi connectivity index (χ3v) is 4.96. The third kappa shape index (κ3) is 4.09. The number of fused-ring (bicyclic) bond motifs is 1. The lowest BCUT2D eigenvalue weighted by molar-refractivity contribution is -0.115. The van der Waals surface area contributed by atoms with E-state index in [0.717, 1.165) is 43.3 Å². The number of benzene rings is 1. The zero-order valence-corrected chi connectivity index (χ0v) is 15.4. The van der Waals surface area contributed by atoms with E-state index in [0.29, 0.717) is 24.0 Å². The molecule has 1 aromatic rings. The van der Waals surface area contributed by atoms with E-state index in [1.54, 1.807) is 30.3 Å². The molecule has 0 bridgehead atoms. The molecule has 0 fully saturated rings. The summed E-state index contributed by atoms with van der Waals surface area (Å²) in [6.07, 6.45) is 7.12. The van der Waals surface area contributed by atoms with Crippen LogP contribution in [0.25, 0.3) is 0 Å². The zero-order valence-electron chi connectivity index (χ0n) is 15.4. The van der Waals surface area contributed by atoms with Gasteiger partial charge in [-0.25, -0.2) is 0 Å². The average molecular weight is 361 g/mol. The molecular weight excluding hydrogens is 338 g/mol. The second-order valence-electron chi connectivity index (χ2n) is 6.79. The number of rotatable bonds is 5. The van der Waals surface area contributed by atoms with Gasteiger partial charge in [0.15, 0.2) is 5.78 Å². The molecule has 1 heterocycles. The highest BCUT2D eigenvalue weighted by molar-refractivity contribution is 6.21. The summed E-state index contributed by atoms with van der Waals surface area (Å²) in [5, 5.41) is 0. The molecule has 2 amide bonds. The Morgan fingerprint density at radius 2 is 1.74 bits per heavy atom. The number of nitrogens with zero attached hydrogens (tertiary/aromatic N) is 1. The Morgan fingerprint density at radius 3 is 2.41 bits per heavy atom. The van der Waals surface area contributed by atoms with Crippen LogP contribution in [0, 0.1) is 11.8 Å². The molecule has 1 aliphatic carbocycles. The van der Waals surface area contributed by atoms with Crippen LogP contribution in [0.15, 0.2) is 48.1 Å². The minimum absolute atomic E-state index is 0.108. The van der Waals surface area contributed by atoms with Crippen LogP contribution < -0.4 is 0 Å². The molecule has 4 heteroatoms. The molecule has 0 spiro atoms. The van der Waals surface area contributed by atoms with Crippen molar-refractivity contribution in [2.75, 3.05) is 6.54 Å². The smallest absolute Gasteiger partial charge is 0.261 e. The Hall–Kier alpha value is -2.93. The fourth-order valence-electron chi connectivity index (χ4n) is 3.56. The molecule has 0 aromatic heterocycles. The maximum atomic E-state index is 12.4. The molecule has 4 nitrogen and oxygen atoms in total. The minimum Gasteiger partial charge on any atom is -0.294 e. The van der Waals surface area contributed by atoms with Crippen LogP contribution in [0.2, 0.25) is 0 Å².